The van der Waals surface area contributed by atoms with Gasteiger partial charge in [0.2, 0.25) is 0 Å². The zero-order chi connectivity index (χ0) is 42.8. The molecule has 4 aromatic heterocycles. The number of para-hydroxylation sites is 3. The third-order valence-electron chi connectivity index (χ3n) is 12.7. The summed E-state index contributed by atoms with van der Waals surface area (Å²) in [5.74, 6) is 1.90. The Balaban J connectivity index is 1.05. The van der Waals surface area contributed by atoms with Crippen LogP contribution in [0.5, 0.6) is 0 Å². The lowest BCUT2D eigenvalue weighted by Crippen LogP contribution is -2.00. The maximum atomic E-state index is 5.06. The molecule has 0 N–H and O–H groups in total. The first-order valence-electron chi connectivity index (χ1n) is 21.9. The number of nitrogens with zero attached hydrogens (tertiary/aromatic N) is 6. The molecule has 4 heterocycles. The first kappa shape index (κ1) is 36.8. The molecular formula is C59H38N6. The van der Waals surface area contributed by atoms with Crippen LogP contribution < -0.4 is 0 Å². The molecule has 6 nitrogen and oxygen atoms in total. The highest BCUT2D eigenvalue weighted by Gasteiger charge is 2.23. The molecule has 0 aliphatic rings. The monoisotopic (exact) mass is 830 g/mol. The van der Waals surface area contributed by atoms with Crippen molar-refractivity contribution in [1.29, 1.82) is 0 Å². The molecule has 9 aromatic carbocycles. The molecule has 0 saturated carbocycles. The molecule has 13 aromatic rings. The highest BCUT2D eigenvalue weighted by atomic mass is 15.1. The number of aromatic nitrogens is 6. The Labute approximate surface area is 374 Å². The first-order chi connectivity index (χ1) is 32.2. The van der Waals surface area contributed by atoms with Crippen LogP contribution in [0.2, 0.25) is 0 Å². The zero-order valence-electron chi connectivity index (χ0n) is 35.1. The van der Waals surface area contributed by atoms with E-state index in [2.05, 4.69) is 184 Å². The number of hydrogen-bond acceptors (Lipinski definition) is 3. The van der Waals surface area contributed by atoms with E-state index in [4.69, 9.17) is 15.0 Å². The predicted octanol–water partition coefficient (Wildman–Crippen LogP) is 14.7. The quantitative estimate of drug-likeness (QED) is 0.161. The Bertz CT molecular complexity index is 3870. The average molecular weight is 831 g/mol. The normalized spacial score (nSPS) is 11.7. The van der Waals surface area contributed by atoms with Gasteiger partial charge in [-0.05, 0) is 77.9 Å². The van der Waals surface area contributed by atoms with Gasteiger partial charge in [0, 0.05) is 66.9 Å². The molecule has 304 valence electrons. The minimum atomic E-state index is 0.625. The van der Waals surface area contributed by atoms with Crippen LogP contribution in [0.3, 0.4) is 0 Å². The fourth-order valence-electron chi connectivity index (χ4n) is 9.70. The van der Waals surface area contributed by atoms with Crippen LogP contribution >= 0.6 is 0 Å². The van der Waals surface area contributed by atoms with Gasteiger partial charge >= 0.3 is 0 Å². The molecule has 0 bridgehead atoms. The number of fused-ring (bicyclic) bond motifs is 8. The molecule has 0 fully saturated rings. The van der Waals surface area contributed by atoms with Crippen molar-refractivity contribution >= 4 is 54.5 Å². The fraction of sp³-hybridized carbons (Fsp3) is 0. The van der Waals surface area contributed by atoms with Crippen molar-refractivity contribution in [2.45, 2.75) is 0 Å². The van der Waals surface area contributed by atoms with Crippen LogP contribution in [0.15, 0.2) is 231 Å². The maximum absolute atomic E-state index is 5.06. The molecule has 0 radical (unpaired) electrons. The van der Waals surface area contributed by atoms with Crippen molar-refractivity contribution in [2.75, 3.05) is 0 Å². The van der Waals surface area contributed by atoms with Gasteiger partial charge in [-0.1, -0.05) is 158 Å². The third-order valence-corrected chi connectivity index (χ3v) is 12.7. The lowest BCUT2D eigenvalue weighted by Gasteiger charge is -2.14. The topological polar surface area (TPSA) is 53.5 Å². The van der Waals surface area contributed by atoms with E-state index in [1.807, 2.05) is 60.7 Å². The van der Waals surface area contributed by atoms with Crippen LogP contribution in [0, 0.1) is 0 Å². The summed E-state index contributed by atoms with van der Waals surface area (Å²) in [5.41, 5.74) is 14.1. The van der Waals surface area contributed by atoms with Gasteiger partial charge in [0.05, 0.1) is 27.6 Å². The van der Waals surface area contributed by atoms with E-state index in [1.54, 1.807) is 0 Å². The van der Waals surface area contributed by atoms with Gasteiger partial charge < -0.3 is 13.7 Å². The maximum Gasteiger partial charge on any atom is 0.164 e. The van der Waals surface area contributed by atoms with Crippen LogP contribution in [0.4, 0.5) is 0 Å². The average Bonchev–Trinajstić information content (AvgIpc) is 4.06. The van der Waals surface area contributed by atoms with Crippen molar-refractivity contribution in [3.8, 4) is 62.4 Å². The Morgan fingerprint density at radius 1 is 0.277 bits per heavy atom. The molecule has 0 saturated heterocycles. The highest BCUT2D eigenvalue weighted by Crippen LogP contribution is 2.43. The van der Waals surface area contributed by atoms with Gasteiger partial charge in [0.1, 0.15) is 0 Å². The molecule has 65 heavy (non-hydrogen) atoms. The molecule has 0 unspecified atom stereocenters. The van der Waals surface area contributed by atoms with Gasteiger partial charge in [-0.2, -0.15) is 0 Å². The van der Waals surface area contributed by atoms with Crippen LogP contribution in [-0.4, -0.2) is 28.7 Å². The summed E-state index contributed by atoms with van der Waals surface area (Å²) in [6, 6.07) is 79.5. The van der Waals surface area contributed by atoms with Crippen molar-refractivity contribution in [3.63, 3.8) is 0 Å². The smallest absolute Gasteiger partial charge is 0.164 e. The summed E-state index contributed by atoms with van der Waals surface area (Å²) in [4.78, 5) is 15.1. The Hall–Kier alpha value is -8.87. The fourth-order valence-corrected chi connectivity index (χ4v) is 9.70. The summed E-state index contributed by atoms with van der Waals surface area (Å²) in [6.45, 7) is 0. The Morgan fingerprint density at radius 3 is 1.45 bits per heavy atom. The van der Waals surface area contributed by atoms with E-state index in [-0.39, 0.29) is 0 Å². The van der Waals surface area contributed by atoms with Crippen molar-refractivity contribution in [3.05, 3.63) is 231 Å². The standard InChI is InChI=1S/C59H38N6/c1-5-17-39(18-6-1)57-60-58(40-19-7-2-8-20-40)62-59(61-57)44-23-15-21-41(35-44)42-22-16-28-47(36-42)65-54-38-53-43(33-34-63(53)45-24-9-3-10-25-45)37-51(54)50-32-31-49-48-29-13-14-30-52(48)64(55(49)56(50)65)46-26-11-4-12-27-46/h1-38H. The van der Waals surface area contributed by atoms with Gasteiger partial charge in [-0.15, -0.1) is 0 Å². The van der Waals surface area contributed by atoms with E-state index in [0.29, 0.717) is 17.5 Å². The molecule has 0 amide bonds. The molecule has 0 aliphatic carbocycles. The number of benzene rings is 9. The molecule has 0 spiro atoms. The van der Waals surface area contributed by atoms with Gasteiger partial charge in [-0.25, -0.2) is 15.0 Å². The van der Waals surface area contributed by atoms with Gasteiger partial charge in [0.15, 0.2) is 17.5 Å². The molecule has 13 rings (SSSR count). The molecule has 0 aliphatic heterocycles. The Morgan fingerprint density at radius 2 is 0.769 bits per heavy atom. The predicted molar refractivity (Wildman–Crippen MR) is 267 cm³/mol. The minimum absolute atomic E-state index is 0.625. The Kier molecular flexibility index (Phi) is 8.42. The molecule has 6 heteroatoms. The second kappa shape index (κ2) is 14.9. The van der Waals surface area contributed by atoms with E-state index < -0.39 is 0 Å². The largest absolute Gasteiger partial charge is 0.316 e. The van der Waals surface area contributed by atoms with Crippen LogP contribution in [0.25, 0.3) is 117 Å². The lowest BCUT2D eigenvalue weighted by molar-refractivity contribution is 1.07. The first-order valence-corrected chi connectivity index (χ1v) is 21.9. The number of hydrogen-bond donors (Lipinski definition) is 0. The van der Waals surface area contributed by atoms with Gasteiger partial charge in [0.25, 0.3) is 0 Å². The van der Waals surface area contributed by atoms with E-state index in [0.717, 1.165) is 61.4 Å². The van der Waals surface area contributed by atoms with Crippen molar-refractivity contribution in [2.24, 2.45) is 0 Å². The van der Waals surface area contributed by atoms with Gasteiger partial charge in [-0.3, -0.25) is 0 Å². The second-order valence-corrected chi connectivity index (χ2v) is 16.5. The van der Waals surface area contributed by atoms with Crippen molar-refractivity contribution in [1.82, 2.24) is 28.7 Å². The van der Waals surface area contributed by atoms with E-state index in [9.17, 15) is 0 Å². The third kappa shape index (κ3) is 6.07. The summed E-state index contributed by atoms with van der Waals surface area (Å²) in [5, 5.41) is 6.04. The zero-order valence-corrected chi connectivity index (χ0v) is 35.1. The summed E-state index contributed by atoms with van der Waals surface area (Å²) >= 11 is 0. The van der Waals surface area contributed by atoms with Crippen LogP contribution in [-0.2, 0) is 0 Å². The SMILES string of the molecule is c1ccc(-c2nc(-c3ccccc3)nc(-c3cccc(-c4cccc(-n5c6cc7c(ccn7-c7ccccc7)cc6c6ccc7c8ccccc8n(-c8ccccc8)c7c65)c4)c3)n2)cc1. The number of rotatable bonds is 7. The van der Waals surface area contributed by atoms with Crippen molar-refractivity contribution < 1.29 is 0 Å². The minimum Gasteiger partial charge on any atom is -0.316 e. The molecule has 0 atom stereocenters. The summed E-state index contributed by atoms with van der Waals surface area (Å²) in [7, 11) is 0. The second-order valence-electron chi connectivity index (χ2n) is 16.5. The van der Waals surface area contributed by atoms with Crippen LogP contribution in [0.1, 0.15) is 0 Å². The van der Waals surface area contributed by atoms with E-state index >= 15 is 0 Å². The molecular weight excluding hydrogens is 793 g/mol. The summed E-state index contributed by atoms with van der Waals surface area (Å²) < 4.78 is 7.23. The highest BCUT2D eigenvalue weighted by molar-refractivity contribution is 6.25. The lowest BCUT2D eigenvalue weighted by atomic mass is 10.0. The summed E-state index contributed by atoms with van der Waals surface area (Å²) in [6.07, 6.45) is 2.18. The van der Waals surface area contributed by atoms with E-state index in [1.165, 1.54) is 38.0 Å².